The monoisotopic (exact) mass is 332 g/mol. The van der Waals surface area contributed by atoms with Gasteiger partial charge in [0.25, 0.3) is 0 Å². The Morgan fingerprint density at radius 3 is 2.83 bits per heavy atom. The molecule has 0 unspecified atom stereocenters. The van der Waals surface area contributed by atoms with Crippen molar-refractivity contribution in [2.75, 3.05) is 45.8 Å². The molecule has 0 aromatic carbocycles. The van der Waals surface area contributed by atoms with Crippen LogP contribution in [0.25, 0.3) is 0 Å². The Morgan fingerprint density at radius 2 is 2.04 bits per heavy atom. The second-order valence-corrected chi connectivity index (χ2v) is 6.90. The molecular weight excluding hydrogens is 304 g/mol. The molecule has 3 heterocycles. The first-order valence-corrected chi connectivity index (χ1v) is 9.00. The van der Waals surface area contributed by atoms with E-state index >= 15 is 0 Å². The normalized spacial score (nSPS) is 23.9. The van der Waals surface area contributed by atoms with Crippen LogP contribution in [0.5, 0.6) is 0 Å². The summed E-state index contributed by atoms with van der Waals surface area (Å²) in [6.07, 6.45) is 6.28. The van der Waals surface area contributed by atoms with Gasteiger partial charge in [-0.3, -0.25) is 19.6 Å². The number of carbonyl (C=O) groups excluding carboxylic acids is 1. The van der Waals surface area contributed by atoms with Gasteiger partial charge in [0.15, 0.2) is 0 Å². The first-order valence-electron chi connectivity index (χ1n) is 9.00. The van der Waals surface area contributed by atoms with Crippen molar-refractivity contribution in [1.29, 1.82) is 0 Å². The second-order valence-electron chi connectivity index (χ2n) is 6.90. The summed E-state index contributed by atoms with van der Waals surface area (Å²) in [7, 11) is 0. The highest BCUT2D eigenvalue weighted by atomic mass is 16.3. The van der Waals surface area contributed by atoms with Crippen LogP contribution >= 0.6 is 0 Å². The summed E-state index contributed by atoms with van der Waals surface area (Å²) in [6.45, 7) is 6.43. The summed E-state index contributed by atoms with van der Waals surface area (Å²) >= 11 is 0. The lowest BCUT2D eigenvalue weighted by molar-refractivity contribution is -0.133. The van der Waals surface area contributed by atoms with Crippen LogP contribution in [0.4, 0.5) is 0 Å². The minimum absolute atomic E-state index is 0.201. The molecule has 6 heteroatoms. The number of aliphatic hydroxyl groups excluding tert-OH is 1. The molecule has 2 aliphatic rings. The van der Waals surface area contributed by atoms with E-state index in [0.717, 1.165) is 58.5 Å². The SMILES string of the molecule is O=C(CN1CCC[C@H](O)C1)N1CCCN(Cc2cccnc2)CC1. The van der Waals surface area contributed by atoms with E-state index in [1.165, 1.54) is 5.56 Å². The largest absolute Gasteiger partial charge is 0.392 e. The number of rotatable bonds is 4. The lowest BCUT2D eigenvalue weighted by Gasteiger charge is -2.31. The zero-order valence-electron chi connectivity index (χ0n) is 14.3. The van der Waals surface area contributed by atoms with E-state index in [1.807, 2.05) is 17.2 Å². The molecule has 1 atom stereocenters. The lowest BCUT2D eigenvalue weighted by atomic mass is 10.1. The van der Waals surface area contributed by atoms with Gasteiger partial charge in [-0.2, -0.15) is 0 Å². The third-order valence-corrected chi connectivity index (χ3v) is 4.91. The third kappa shape index (κ3) is 5.00. The topological polar surface area (TPSA) is 59.9 Å². The minimum Gasteiger partial charge on any atom is -0.392 e. The third-order valence-electron chi connectivity index (χ3n) is 4.91. The predicted octanol–water partition coefficient (Wildman–Crippen LogP) is 0.573. The van der Waals surface area contributed by atoms with Gasteiger partial charge in [-0.1, -0.05) is 6.07 Å². The van der Waals surface area contributed by atoms with Crippen LogP contribution in [0.15, 0.2) is 24.5 Å². The van der Waals surface area contributed by atoms with Gasteiger partial charge in [-0.15, -0.1) is 0 Å². The number of amides is 1. The first kappa shape index (κ1) is 17.3. The quantitative estimate of drug-likeness (QED) is 0.874. The smallest absolute Gasteiger partial charge is 0.236 e. The first-order chi connectivity index (χ1) is 11.7. The summed E-state index contributed by atoms with van der Waals surface area (Å²) in [5.41, 5.74) is 1.22. The average molecular weight is 332 g/mol. The minimum atomic E-state index is -0.273. The Morgan fingerprint density at radius 1 is 1.17 bits per heavy atom. The van der Waals surface area contributed by atoms with E-state index in [9.17, 15) is 9.90 Å². The molecule has 2 fully saturated rings. The van der Waals surface area contributed by atoms with Gasteiger partial charge in [-0.05, 0) is 37.4 Å². The van der Waals surface area contributed by atoms with E-state index < -0.39 is 0 Å². The molecule has 2 saturated heterocycles. The van der Waals surface area contributed by atoms with E-state index in [0.29, 0.717) is 13.1 Å². The van der Waals surface area contributed by atoms with E-state index in [-0.39, 0.29) is 12.0 Å². The number of hydrogen-bond donors (Lipinski definition) is 1. The highest BCUT2D eigenvalue weighted by Crippen LogP contribution is 2.12. The highest BCUT2D eigenvalue weighted by Gasteiger charge is 2.24. The summed E-state index contributed by atoms with van der Waals surface area (Å²) in [5.74, 6) is 0.201. The van der Waals surface area contributed by atoms with Gasteiger partial charge in [-0.25, -0.2) is 0 Å². The van der Waals surface area contributed by atoms with Crippen LogP contribution in [0.2, 0.25) is 0 Å². The lowest BCUT2D eigenvalue weighted by Crippen LogP contribution is -2.46. The summed E-state index contributed by atoms with van der Waals surface area (Å²) in [6, 6.07) is 4.07. The molecule has 0 aliphatic carbocycles. The number of piperidine rings is 1. The van der Waals surface area contributed by atoms with Gasteiger partial charge in [0, 0.05) is 51.7 Å². The second kappa shape index (κ2) is 8.55. The van der Waals surface area contributed by atoms with Crippen LogP contribution in [-0.2, 0) is 11.3 Å². The molecule has 6 nitrogen and oxygen atoms in total. The van der Waals surface area contributed by atoms with Gasteiger partial charge >= 0.3 is 0 Å². The molecule has 132 valence electrons. The maximum Gasteiger partial charge on any atom is 0.236 e. The fraction of sp³-hybridized carbons (Fsp3) is 0.667. The molecule has 24 heavy (non-hydrogen) atoms. The molecule has 1 N–H and O–H groups in total. The number of pyridine rings is 1. The molecule has 0 spiro atoms. The fourth-order valence-electron chi connectivity index (χ4n) is 3.59. The van der Waals surface area contributed by atoms with E-state index in [2.05, 4.69) is 20.9 Å². The predicted molar refractivity (Wildman–Crippen MR) is 92.4 cm³/mol. The summed E-state index contributed by atoms with van der Waals surface area (Å²) < 4.78 is 0. The maximum atomic E-state index is 12.6. The zero-order chi connectivity index (χ0) is 16.8. The van der Waals surface area contributed by atoms with Crippen molar-refractivity contribution in [2.24, 2.45) is 0 Å². The van der Waals surface area contributed by atoms with Crippen LogP contribution in [0.1, 0.15) is 24.8 Å². The van der Waals surface area contributed by atoms with E-state index in [4.69, 9.17) is 0 Å². The maximum absolute atomic E-state index is 12.6. The number of carbonyl (C=O) groups is 1. The highest BCUT2D eigenvalue weighted by molar-refractivity contribution is 5.78. The Kier molecular flexibility index (Phi) is 6.18. The van der Waals surface area contributed by atoms with Crippen LogP contribution in [0.3, 0.4) is 0 Å². The molecule has 2 aliphatic heterocycles. The number of hydrogen-bond acceptors (Lipinski definition) is 5. The molecule has 0 saturated carbocycles. The van der Waals surface area contributed by atoms with Crippen molar-refractivity contribution in [3.63, 3.8) is 0 Å². The number of likely N-dealkylation sites (tertiary alicyclic amines) is 1. The molecule has 1 amide bonds. The van der Waals surface area contributed by atoms with Crippen LogP contribution in [-0.4, -0.2) is 82.6 Å². The van der Waals surface area contributed by atoms with Gasteiger partial charge in [0.05, 0.1) is 12.6 Å². The van der Waals surface area contributed by atoms with Gasteiger partial charge in [0.1, 0.15) is 0 Å². The van der Waals surface area contributed by atoms with Crippen LogP contribution in [0, 0.1) is 0 Å². The Balaban J connectivity index is 1.47. The van der Waals surface area contributed by atoms with Crippen molar-refractivity contribution in [2.45, 2.75) is 31.9 Å². The van der Waals surface area contributed by atoms with Crippen molar-refractivity contribution in [3.8, 4) is 0 Å². The van der Waals surface area contributed by atoms with E-state index in [1.54, 1.807) is 6.20 Å². The number of aromatic nitrogens is 1. The molecule has 1 aromatic rings. The van der Waals surface area contributed by atoms with Crippen LogP contribution < -0.4 is 0 Å². The molecular formula is C18H28N4O2. The van der Waals surface area contributed by atoms with Crippen molar-refractivity contribution in [3.05, 3.63) is 30.1 Å². The molecule has 3 rings (SSSR count). The standard InChI is InChI=1S/C18H28N4O2/c23-17-5-2-7-21(14-17)15-18(24)22-9-3-8-20(10-11-22)13-16-4-1-6-19-12-16/h1,4,6,12,17,23H,2-3,5,7-11,13-15H2/t17-/m0/s1. The molecule has 1 aromatic heterocycles. The molecule has 0 radical (unpaired) electrons. The average Bonchev–Trinajstić information content (AvgIpc) is 2.81. The fourth-order valence-corrected chi connectivity index (χ4v) is 3.59. The van der Waals surface area contributed by atoms with Gasteiger partial charge < -0.3 is 10.0 Å². The van der Waals surface area contributed by atoms with Crippen molar-refractivity contribution >= 4 is 5.91 Å². The Bertz CT molecular complexity index is 525. The number of nitrogens with zero attached hydrogens (tertiary/aromatic N) is 4. The summed E-state index contributed by atoms with van der Waals surface area (Å²) in [5, 5.41) is 9.74. The van der Waals surface area contributed by atoms with Gasteiger partial charge in [0.2, 0.25) is 5.91 Å². The van der Waals surface area contributed by atoms with Crippen molar-refractivity contribution in [1.82, 2.24) is 19.7 Å². The zero-order valence-corrected chi connectivity index (χ0v) is 14.3. The molecule has 0 bridgehead atoms. The Hall–Kier alpha value is -1.50. The Labute approximate surface area is 144 Å². The number of β-amino-alcohol motifs (C(OH)–C–C–N with tert-alkyl or cyclic N) is 1. The summed E-state index contributed by atoms with van der Waals surface area (Å²) in [4.78, 5) is 23.2. The number of aliphatic hydroxyl groups is 1. The van der Waals surface area contributed by atoms with Crippen molar-refractivity contribution < 1.29 is 9.90 Å².